The van der Waals surface area contributed by atoms with Gasteiger partial charge in [0.1, 0.15) is 0 Å². The molecule has 17 heavy (non-hydrogen) atoms. The molecule has 3 heteroatoms. The standard InChI is InChI=1S/C14H19NOS/c1-13(2)9-12(16)11(14(3,4)15-13)8-10-6-5-7-17-10/h5-8,15H,9H2,1-4H3/b11-8-. The van der Waals surface area contributed by atoms with Crippen molar-refractivity contribution < 1.29 is 4.79 Å². The average Bonchev–Trinajstić information content (AvgIpc) is 2.60. The van der Waals surface area contributed by atoms with Gasteiger partial charge in [0.05, 0.1) is 0 Å². The van der Waals surface area contributed by atoms with Gasteiger partial charge in [-0.15, -0.1) is 11.3 Å². The van der Waals surface area contributed by atoms with Gasteiger partial charge in [-0.3, -0.25) is 4.79 Å². The number of carbonyl (C=O) groups excluding carboxylic acids is 1. The van der Waals surface area contributed by atoms with Gasteiger partial charge in [0.25, 0.3) is 0 Å². The molecule has 0 aromatic carbocycles. The van der Waals surface area contributed by atoms with Crippen molar-refractivity contribution in [1.29, 1.82) is 0 Å². The van der Waals surface area contributed by atoms with Crippen LogP contribution in [-0.2, 0) is 4.79 Å². The Bertz CT molecular complexity index is 455. The number of nitrogens with one attached hydrogen (secondary N) is 1. The number of piperidine rings is 1. The first kappa shape index (κ1) is 12.5. The lowest BCUT2D eigenvalue weighted by Gasteiger charge is -2.43. The molecule has 0 saturated carbocycles. The molecule has 2 heterocycles. The molecule has 2 rings (SSSR count). The van der Waals surface area contributed by atoms with Crippen LogP contribution in [-0.4, -0.2) is 16.9 Å². The van der Waals surface area contributed by atoms with Crippen LogP contribution in [0.4, 0.5) is 0 Å². The highest BCUT2D eigenvalue weighted by molar-refractivity contribution is 7.10. The molecule has 0 bridgehead atoms. The molecule has 1 aliphatic rings. The van der Waals surface area contributed by atoms with Gasteiger partial charge in [0.2, 0.25) is 0 Å². The Balaban J connectivity index is 2.37. The Labute approximate surface area is 107 Å². The Morgan fingerprint density at radius 3 is 2.59 bits per heavy atom. The molecule has 0 amide bonds. The number of thiophene rings is 1. The lowest BCUT2D eigenvalue weighted by atomic mass is 9.77. The van der Waals surface area contributed by atoms with E-state index >= 15 is 0 Å². The molecule has 1 N–H and O–H groups in total. The molecule has 0 aliphatic carbocycles. The predicted molar refractivity (Wildman–Crippen MR) is 73.2 cm³/mol. The third kappa shape index (κ3) is 2.67. The van der Waals surface area contributed by atoms with Crippen LogP contribution in [0.2, 0.25) is 0 Å². The molecule has 1 fully saturated rings. The minimum absolute atomic E-state index is 0.118. The summed E-state index contributed by atoms with van der Waals surface area (Å²) in [6.45, 7) is 8.31. The molecule has 0 spiro atoms. The van der Waals surface area contributed by atoms with Crippen molar-refractivity contribution in [3.8, 4) is 0 Å². The molecule has 0 radical (unpaired) electrons. The fraction of sp³-hybridized carbons (Fsp3) is 0.500. The largest absolute Gasteiger partial charge is 0.302 e. The van der Waals surface area contributed by atoms with Gasteiger partial charge in [-0.25, -0.2) is 0 Å². The lowest BCUT2D eigenvalue weighted by Crippen LogP contribution is -2.59. The topological polar surface area (TPSA) is 29.1 Å². The quantitative estimate of drug-likeness (QED) is 0.774. The molecule has 0 unspecified atom stereocenters. The molecule has 0 atom stereocenters. The molecule has 1 aromatic heterocycles. The number of rotatable bonds is 1. The minimum atomic E-state index is -0.261. The van der Waals surface area contributed by atoms with E-state index in [0.29, 0.717) is 6.42 Å². The fourth-order valence-corrected chi connectivity index (χ4v) is 3.24. The van der Waals surface area contributed by atoms with Crippen molar-refractivity contribution in [1.82, 2.24) is 5.32 Å². The molecule has 1 aliphatic heterocycles. The van der Waals surface area contributed by atoms with Crippen molar-refractivity contribution in [3.05, 3.63) is 28.0 Å². The van der Waals surface area contributed by atoms with Gasteiger partial charge in [0.15, 0.2) is 5.78 Å². The zero-order chi connectivity index (χ0) is 12.7. The normalized spacial score (nSPS) is 25.2. The molecule has 1 aromatic rings. The molecule has 2 nitrogen and oxygen atoms in total. The van der Waals surface area contributed by atoms with Gasteiger partial charge in [-0.05, 0) is 45.2 Å². The second-order valence-electron chi connectivity index (χ2n) is 5.81. The fourth-order valence-electron chi connectivity index (χ4n) is 2.58. The van der Waals surface area contributed by atoms with E-state index in [-0.39, 0.29) is 16.9 Å². The Hall–Kier alpha value is -0.930. The summed E-state index contributed by atoms with van der Waals surface area (Å²) >= 11 is 1.66. The van der Waals surface area contributed by atoms with E-state index in [1.807, 2.05) is 23.6 Å². The van der Waals surface area contributed by atoms with Gasteiger partial charge < -0.3 is 5.32 Å². The maximum atomic E-state index is 12.2. The van der Waals surface area contributed by atoms with Crippen LogP contribution < -0.4 is 5.32 Å². The van der Waals surface area contributed by atoms with E-state index in [9.17, 15) is 4.79 Å². The van der Waals surface area contributed by atoms with Crippen LogP contribution in [0.15, 0.2) is 23.1 Å². The zero-order valence-electron chi connectivity index (χ0n) is 10.8. The summed E-state index contributed by atoms with van der Waals surface area (Å²) in [6.07, 6.45) is 2.59. The Morgan fingerprint density at radius 1 is 1.35 bits per heavy atom. The number of Topliss-reactive ketones (excluding diaryl/α,β-unsaturated/α-hetero) is 1. The van der Waals surface area contributed by atoms with E-state index in [0.717, 1.165) is 10.5 Å². The molecule has 92 valence electrons. The summed E-state index contributed by atoms with van der Waals surface area (Å²) in [7, 11) is 0. The van der Waals surface area contributed by atoms with E-state index < -0.39 is 0 Å². The zero-order valence-corrected chi connectivity index (χ0v) is 11.6. The van der Waals surface area contributed by atoms with E-state index in [1.54, 1.807) is 11.3 Å². The number of hydrogen-bond acceptors (Lipinski definition) is 3. The molecule has 1 saturated heterocycles. The third-order valence-electron chi connectivity index (χ3n) is 3.06. The first-order valence-corrected chi connectivity index (χ1v) is 6.76. The smallest absolute Gasteiger partial charge is 0.162 e. The van der Waals surface area contributed by atoms with Crippen LogP contribution in [0.1, 0.15) is 39.0 Å². The van der Waals surface area contributed by atoms with Crippen LogP contribution in [0.3, 0.4) is 0 Å². The molecular formula is C14H19NOS. The second-order valence-corrected chi connectivity index (χ2v) is 6.79. The maximum Gasteiger partial charge on any atom is 0.162 e. The van der Waals surface area contributed by atoms with E-state index in [1.165, 1.54) is 0 Å². The second kappa shape index (κ2) is 4.07. The van der Waals surface area contributed by atoms with Gasteiger partial charge in [-0.1, -0.05) is 6.07 Å². The number of hydrogen-bond donors (Lipinski definition) is 1. The van der Waals surface area contributed by atoms with Crippen LogP contribution in [0.5, 0.6) is 0 Å². The van der Waals surface area contributed by atoms with Crippen molar-refractivity contribution in [2.75, 3.05) is 0 Å². The summed E-state index contributed by atoms with van der Waals surface area (Å²) in [5, 5.41) is 5.57. The van der Waals surface area contributed by atoms with Gasteiger partial charge >= 0.3 is 0 Å². The number of ketones is 1. The third-order valence-corrected chi connectivity index (χ3v) is 3.88. The Morgan fingerprint density at radius 2 is 2.06 bits per heavy atom. The van der Waals surface area contributed by atoms with E-state index in [2.05, 4.69) is 33.0 Å². The molecular weight excluding hydrogens is 230 g/mol. The highest BCUT2D eigenvalue weighted by Crippen LogP contribution is 2.32. The summed E-state index contributed by atoms with van der Waals surface area (Å²) in [5.74, 6) is 0.257. The first-order valence-electron chi connectivity index (χ1n) is 5.88. The maximum absolute atomic E-state index is 12.2. The monoisotopic (exact) mass is 249 g/mol. The average molecular weight is 249 g/mol. The summed E-state index contributed by atoms with van der Waals surface area (Å²) in [6, 6.07) is 4.05. The Kier molecular flexibility index (Phi) is 3.00. The first-order chi connectivity index (χ1) is 7.80. The summed E-state index contributed by atoms with van der Waals surface area (Å²) < 4.78 is 0. The summed E-state index contributed by atoms with van der Waals surface area (Å²) in [4.78, 5) is 13.4. The highest BCUT2D eigenvalue weighted by Gasteiger charge is 2.40. The van der Waals surface area contributed by atoms with Gasteiger partial charge in [-0.2, -0.15) is 0 Å². The number of carbonyl (C=O) groups is 1. The van der Waals surface area contributed by atoms with Gasteiger partial charge in [0, 0.05) is 27.9 Å². The highest BCUT2D eigenvalue weighted by atomic mass is 32.1. The SMILES string of the molecule is CC1(C)CC(=O)/C(=C/c2cccs2)C(C)(C)N1. The van der Waals surface area contributed by atoms with Crippen molar-refractivity contribution in [3.63, 3.8) is 0 Å². The van der Waals surface area contributed by atoms with Crippen LogP contribution in [0, 0.1) is 0 Å². The van der Waals surface area contributed by atoms with Crippen molar-refractivity contribution >= 4 is 23.2 Å². The predicted octanol–water partition coefficient (Wildman–Crippen LogP) is 3.25. The minimum Gasteiger partial charge on any atom is -0.302 e. The van der Waals surface area contributed by atoms with Crippen molar-refractivity contribution in [2.45, 2.75) is 45.2 Å². The van der Waals surface area contributed by atoms with Crippen molar-refractivity contribution in [2.24, 2.45) is 0 Å². The van der Waals surface area contributed by atoms with Crippen LogP contribution >= 0.6 is 11.3 Å². The lowest BCUT2D eigenvalue weighted by molar-refractivity contribution is -0.119. The van der Waals surface area contributed by atoms with E-state index in [4.69, 9.17) is 0 Å². The van der Waals surface area contributed by atoms with Crippen LogP contribution in [0.25, 0.3) is 6.08 Å². The summed E-state index contributed by atoms with van der Waals surface area (Å²) in [5.41, 5.74) is 0.509.